The number of aryl methyl sites for hydroxylation is 1. The maximum Gasteiger partial charge on any atom is 0.282 e. The lowest BCUT2D eigenvalue weighted by Crippen LogP contribution is -2.24. The maximum atomic E-state index is 11.3. The van der Waals surface area contributed by atoms with Crippen LogP contribution < -0.4 is 20.2 Å². The molecule has 0 atom stereocenters. The Hall–Kier alpha value is -3.20. The van der Waals surface area contributed by atoms with Crippen molar-refractivity contribution in [3.8, 4) is 11.5 Å². The second kappa shape index (κ2) is 8.77. The zero-order chi connectivity index (χ0) is 19.1. The minimum absolute atomic E-state index is 0.161. The molecule has 0 aliphatic heterocycles. The Bertz CT molecular complexity index is 855. The lowest BCUT2D eigenvalue weighted by molar-refractivity contribution is -0.385. The van der Waals surface area contributed by atoms with Gasteiger partial charge in [0.05, 0.1) is 37.0 Å². The molecule has 26 heavy (non-hydrogen) atoms. The summed E-state index contributed by atoms with van der Waals surface area (Å²) in [5.74, 6) is 0.626. The van der Waals surface area contributed by atoms with E-state index in [1.54, 1.807) is 0 Å². The zero-order valence-corrected chi connectivity index (χ0v) is 15.3. The molecule has 0 bridgehead atoms. The Balaban J connectivity index is 2.15. The molecule has 136 valence electrons. The first-order valence-electron chi connectivity index (χ1n) is 7.52. The molecule has 0 aliphatic rings. The van der Waals surface area contributed by atoms with Gasteiger partial charge in [-0.2, -0.15) is 5.10 Å². The van der Waals surface area contributed by atoms with E-state index in [0.717, 1.165) is 11.3 Å². The molecule has 0 saturated carbocycles. The molecule has 0 amide bonds. The number of nitro benzene ring substituents is 1. The highest BCUT2D eigenvalue weighted by Gasteiger charge is 2.18. The van der Waals surface area contributed by atoms with Crippen LogP contribution in [-0.2, 0) is 0 Å². The van der Waals surface area contributed by atoms with Crippen LogP contribution in [0.3, 0.4) is 0 Å². The van der Waals surface area contributed by atoms with Gasteiger partial charge in [-0.15, -0.1) is 0 Å². The second-order valence-electron chi connectivity index (χ2n) is 5.16. The van der Waals surface area contributed by atoms with Crippen molar-refractivity contribution in [2.45, 2.75) is 6.92 Å². The van der Waals surface area contributed by atoms with Crippen LogP contribution in [0.2, 0.25) is 0 Å². The summed E-state index contributed by atoms with van der Waals surface area (Å²) in [4.78, 5) is 10.7. The molecule has 0 radical (unpaired) electrons. The SMILES string of the molecule is COc1cc(/C=N\NC(=S)Nc2ccccc2C)c([N+](=O)[O-])cc1OC. The fourth-order valence-electron chi connectivity index (χ4n) is 2.17. The van der Waals surface area contributed by atoms with Crippen LogP contribution in [0, 0.1) is 17.0 Å². The number of nitrogens with zero attached hydrogens (tertiary/aromatic N) is 2. The summed E-state index contributed by atoms with van der Waals surface area (Å²) >= 11 is 5.17. The van der Waals surface area contributed by atoms with Gasteiger partial charge in [0.2, 0.25) is 0 Å². The van der Waals surface area contributed by atoms with Gasteiger partial charge in [0.15, 0.2) is 16.6 Å². The molecular weight excluding hydrogens is 356 g/mol. The summed E-state index contributed by atoms with van der Waals surface area (Å²) in [6, 6.07) is 10.4. The van der Waals surface area contributed by atoms with E-state index in [0.29, 0.717) is 5.75 Å². The van der Waals surface area contributed by atoms with Crippen LogP contribution in [0.5, 0.6) is 11.5 Å². The van der Waals surface area contributed by atoms with E-state index in [9.17, 15) is 10.1 Å². The maximum absolute atomic E-state index is 11.3. The fraction of sp³-hybridized carbons (Fsp3) is 0.176. The lowest BCUT2D eigenvalue weighted by atomic mass is 10.1. The van der Waals surface area contributed by atoms with Crippen molar-refractivity contribution in [1.82, 2.24) is 5.43 Å². The monoisotopic (exact) mass is 374 g/mol. The number of nitrogens with one attached hydrogen (secondary N) is 2. The number of anilines is 1. The zero-order valence-electron chi connectivity index (χ0n) is 14.5. The number of benzene rings is 2. The minimum atomic E-state index is -0.521. The van der Waals surface area contributed by atoms with Crippen LogP contribution in [-0.4, -0.2) is 30.5 Å². The minimum Gasteiger partial charge on any atom is -0.493 e. The van der Waals surface area contributed by atoms with E-state index in [-0.39, 0.29) is 22.1 Å². The van der Waals surface area contributed by atoms with Crippen LogP contribution in [0.15, 0.2) is 41.5 Å². The molecular formula is C17H18N4O4S. The molecule has 0 aromatic heterocycles. The van der Waals surface area contributed by atoms with E-state index in [4.69, 9.17) is 21.7 Å². The summed E-state index contributed by atoms with van der Waals surface area (Å²) in [5, 5.41) is 18.5. The van der Waals surface area contributed by atoms with Gasteiger partial charge < -0.3 is 14.8 Å². The quantitative estimate of drug-likeness (QED) is 0.347. The largest absolute Gasteiger partial charge is 0.493 e. The van der Waals surface area contributed by atoms with Crippen molar-refractivity contribution in [2.75, 3.05) is 19.5 Å². The fourth-order valence-corrected chi connectivity index (χ4v) is 2.33. The number of para-hydroxylation sites is 1. The van der Waals surface area contributed by atoms with Crippen LogP contribution >= 0.6 is 12.2 Å². The van der Waals surface area contributed by atoms with Gasteiger partial charge in [0, 0.05) is 5.69 Å². The van der Waals surface area contributed by atoms with E-state index in [2.05, 4.69) is 15.8 Å². The van der Waals surface area contributed by atoms with Crippen molar-refractivity contribution in [3.63, 3.8) is 0 Å². The number of methoxy groups -OCH3 is 2. The van der Waals surface area contributed by atoms with E-state index in [1.807, 2.05) is 31.2 Å². The van der Waals surface area contributed by atoms with E-state index < -0.39 is 4.92 Å². The number of hydrazone groups is 1. The van der Waals surface area contributed by atoms with Gasteiger partial charge in [-0.25, -0.2) is 0 Å². The van der Waals surface area contributed by atoms with E-state index >= 15 is 0 Å². The Morgan fingerprint density at radius 2 is 1.88 bits per heavy atom. The molecule has 0 unspecified atom stereocenters. The molecule has 2 N–H and O–H groups in total. The summed E-state index contributed by atoms with van der Waals surface area (Å²) < 4.78 is 10.2. The van der Waals surface area contributed by atoms with Crippen molar-refractivity contribution in [3.05, 3.63) is 57.6 Å². The Morgan fingerprint density at radius 1 is 1.23 bits per heavy atom. The summed E-state index contributed by atoms with van der Waals surface area (Å²) in [6.07, 6.45) is 1.30. The Kier molecular flexibility index (Phi) is 6.45. The molecule has 0 spiro atoms. The molecule has 0 aliphatic carbocycles. The van der Waals surface area contributed by atoms with Gasteiger partial charge in [0.1, 0.15) is 0 Å². The molecule has 0 fully saturated rings. The molecule has 2 rings (SSSR count). The van der Waals surface area contributed by atoms with Crippen molar-refractivity contribution in [1.29, 1.82) is 0 Å². The lowest BCUT2D eigenvalue weighted by Gasteiger charge is -2.10. The summed E-state index contributed by atoms with van der Waals surface area (Å²) in [6.45, 7) is 1.95. The number of hydrogen-bond donors (Lipinski definition) is 2. The predicted octanol–water partition coefficient (Wildman–Crippen LogP) is 3.24. The van der Waals surface area contributed by atoms with Crippen LogP contribution in [0.4, 0.5) is 11.4 Å². The third-order valence-corrected chi connectivity index (χ3v) is 3.69. The first kappa shape index (κ1) is 19.1. The van der Waals surface area contributed by atoms with E-state index in [1.165, 1.54) is 32.6 Å². The second-order valence-corrected chi connectivity index (χ2v) is 5.57. The molecule has 0 heterocycles. The highest BCUT2D eigenvalue weighted by atomic mass is 32.1. The molecule has 8 nitrogen and oxygen atoms in total. The average Bonchev–Trinajstić information content (AvgIpc) is 2.62. The molecule has 9 heteroatoms. The first-order chi connectivity index (χ1) is 12.5. The molecule has 0 saturated heterocycles. The average molecular weight is 374 g/mol. The summed E-state index contributed by atoms with van der Waals surface area (Å²) in [7, 11) is 2.86. The van der Waals surface area contributed by atoms with Gasteiger partial charge in [0.25, 0.3) is 5.69 Å². The summed E-state index contributed by atoms with van der Waals surface area (Å²) in [5.41, 5.74) is 4.59. The topological polar surface area (TPSA) is 98.0 Å². The third-order valence-electron chi connectivity index (χ3n) is 3.49. The highest BCUT2D eigenvalue weighted by molar-refractivity contribution is 7.80. The predicted molar refractivity (Wildman–Crippen MR) is 104 cm³/mol. The molecule has 2 aromatic rings. The van der Waals surface area contributed by atoms with Crippen molar-refractivity contribution < 1.29 is 14.4 Å². The number of ether oxygens (including phenoxy) is 2. The van der Waals surface area contributed by atoms with Gasteiger partial charge in [-0.1, -0.05) is 18.2 Å². The van der Waals surface area contributed by atoms with Gasteiger partial charge >= 0.3 is 0 Å². The number of rotatable bonds is 6. The molecule has 2 aromatic carbocycles. The van der Waals surface area contributed by atoms with Crippen LogP contribution in [0.25, 0.3) is 0 Å². The van der Waals surface area contributed by atoms with Gasteiger partial charge in [-0.05, 0) is 36.8 Å². The van der Waals surface area contributed by atoms with Crippen molar-refractivity contribution >= 4 is 34.9 Å². The van der Waals surface area contributed by atoms with Crippen molar-refractivity contribution in [2.24, 2.45) is 5.10 Å². The standard InChI is InChI=1S/C17H18N4O4S/c1-11-6-4-5-7-13(11)19-17(26)20-18-10-12-8-15(24-2)16(25-3)9-14(12)21(22)23/h4-10H,1-3H3,(H2,19,20,26)/b18-10-. The Labute approximate surface area is 156 Å². The smallest absolute Gasteiger partial charge is 0.282 e. The number of thiocarbonyl (C=S) groups is 1. The normalized spacial score (nSPS) is 10.4. The first-order valence-corrected chi connectivity index (χ1v) is 7.93. The van der Waals surface area contributed by atoms with Gasteiger partial charge in [-0.3, -0.25) is 15.5 Å². The number of hydrogen-bond acceptors (Lipinski definition) is 6. The van der Waals surface area contributed by atoms with Crippen LogP contribution in [0.1, 0.15) is 11.1 Å². The third kappa shape index (κ3) is 4.67. The highest BCUT2D eigenvalue weighted by Crippen LogP contribution is 2.33. The Morgan fingerprint density at radius 3 is 2.50 bits per heavy atom. The number of nitro groups is 1.